The van der Waals surface area contributed by atoms with Gasteiger partial charge in [0.1, 0.15) is 0 Å². The van der Waals surface area contributed by atoms with E-state index in [0.717, 1.165) is 32.5 Å². The van der Waals surface area contributed by atoms with Crippen LogP contribution in [0.3, 0.4) is 0 Å². The van der Waals surface area contributed by atoms with E-state index in [2.05, 4.69) is 29.0 Å². The summed E-state index contributed by atoms with van der Waals surface area (Å²) in [5, 5.41) is 4.26. The molecule has 1 unspecified atom stereocenters. The molecule has 0 aliphatic carbocycles. The van der Waals surface area contributed by atoms with Crippen molar-refractivity contribution in [3.63, 3.8) is 0 Å². The van der Waals surface area contributed by atoms with E-state index in [0.29, 0.717) is 24.9 Å². The Labute approximate surface area is 143 Å². The van der Waals surface area contributed by atoms with Crippen molar-refractivity contribution in [3.8, 4) is 0 Å². The van der Waals surface area contributed by atoms with E-state index in [-0.39, 0.29) is 5.91 Å². The lowest BCUT2D eigenvalue weighted by molar-refractivity contribution is -0.121. The second-order valence-corrected chi connectivity index (χ2v) is 7.98. The van der Waals surface area contributed by atoms with E-state index >= 15 is 0 Å². The van der Waals surface area contributed by atoms with Crippen molar-refractivity contribution in [2.24, 2.45) is 11.7 Å². The monoisotopic (exact) mass is 338 g/mol. The zero-order valence-corrected chi connectivity index (χ0v) is 15.2. The summed E-state index contributed by atoms with van der Waals surface area (Å²) >= 11 is 1.83. The van der Waals surface area contributed by atoms with E-state index in [1.807, 2.05) is 17.5 Å². The summed E-state index contributed by atoms with van der Waals surface area (Å²) in [6, 6.07) is 0.432. The van der Waals surface area contributed by atoms with E-state index < -0.39 is 0 Å². The van der Waals surface area contributed by atoms with Crippen molar-refractivity contribution in [2.75, 3.05) is 19.6 Å². The van der Waals surface area contributed by atoms with Gasteiger partial charge in [-0.25, -0.2) is 4.98 Å². The van der Waals surface area contributed by atoms with Crippen LogP contribution in [0.1, 0.15) is 49.4 Å². The summed E-state index contributed by atoms with van der Waals surface area (Å²) in [7, 11) is 0. The van der Waals surface area contributed by atoms with Crippen LogP contribution in [0.2, 0.25) is 0 Å². The van der Waals surface area contributed by atoms with E-state index in [4.69, 9.17) is 5.73 Å². The first-order chi connectivity index (χ1) is 11.1. The van der Waals surface area contributed by atoms with Gasteiger partial charge >= 0.3 is 0 Å². The minimum atomic E-state index is 0.0648. The van der Waals surface area contributed by atoms with E-state index in [1.165, 1.54) is 22.7 Å². The first-order valence-electron chi connectivity index (χ1n) is 8.73. The summed E-state index contributed by atoms with van der Waals surface area (Å²) in [6.45, 7) is 7.66. The molecule has 0 aromatic carbocycles. The third-order valence-corrected chi connectivity index (χ3v) is 5.20. The van der Waals surface area contributed by atoms with E-state index in [9.17, 15) is 4.79 Å². The maximum absolute atomic E-state index is 11.6. The number of rotatable bonds is 8. The SMILES string of the molecule is CC(C)Cc1ncc(CN2CCCCC2CNC(=O)CCN)s1. The van der Waals surface area contributed by atoms with Gasteiger partial charge in [-0.2, -0.15) is 0 Å². The summed E-state index contributed by atoms with van der Waals surface area (Å²) < 4.78 is 0. The third-order valence-electron chi connectivity index (χ3n) is 4.20. The Bertz CT molecular complexity index is 489. The lowest BCUT2D eigenvalue weighted by Crippen LogP contribution is -2.46. The zero-order chi connectivity index (χ0) is 16.7. The maximum atomic E-state index is 11.6. The molecule has 2 rings (SSSR count). The molecule has 23 heavy (non-hydrogen) atoms. The fourth-order valence-electron chi connectivity index (χ4n) is 3.02. The summed E-state index contributed by atoms with van der Waals surface area (Å²) in [5.41, 5.74) is 5.43. The molecule has 6 heteroatoms. The molecule has 1 saturated heterocycles. The number of amides is 1. The van der Waals surface area contributed by atoms with Crippen LogP contribution >= 0.6 is 11.3 Å². The van der Waals surface area contributed by atoms with Gasteiger partial charge < -0.3 is 11.1 Å². The first-order valence-corrected chi connectivity index (χ1v) is 9.54. The number of aromatic nitrogens is 1. The molecule has 1 fully saturated rings. The molecule has 1 aliphatic rings. The largest absolute Gasteiger partial charge is 0.354 e. The molecule has 0 radical (unpaired) electrons. The lowest BCUT2D eigenvalue weighted by atomic mass is 10.0. The molecule has 5 nitrogen and oxygen atoms in total. The van der Waals surface area contributed by atoms with Crippen LogP contribution in [0.4, 0.5) is 0 Å². The van der Waals surface area contributed by atoms with Crippen molar-refractivity contribution in [1.29, 1.82) is 0 Å². The molecule has 130 valence electrons. The zero-order valence-electron chi connectivity index (χ0n) is 14.4. The van der Waals surface area contributed by atoms with Crippen molar-refractivity contribution in [3.05, 3.63) is 16.1 Å². The number of piperidine rings is 1. The molecule has 1 aromatic rings. The van der Waals surface area contributed by atoms with Gasteiger partial charge in [-0.05, 0) is 25.3 Å². The Kier molecular flexibility index (Phi) is 7.46. The summed E-state index contributed by atoms with van der Waals surface area (Å²) in [6.07, 6.45) is 7.14. The van der Waals surface area contributed by atoms with E-state index in [1.54, 1.807) is 0 Å². The molecule has 0 saturated carbocycles. The van der Waals surface area contributed by atoms with Gasteiger partial charge in [0.25, 0.3) is 0 Å². The quantitative estimate of drug-likeness (QED) is 0.762. The van der Waals surface area contributed by atoms with Crippen LogP contribution in [-0.2, 0) is 17.8 Å². The minimum absolute atomic E-state index is 0.0648. The van der Waals surface area contributed by atoms with Gasteiger partial charge in [0.15, 0.2) is 0 Å². The average Bonchev–Trinajstić information content (AvgIpc) is 2.93. The van der Waals surface area contributed by atoms with Crippen LogP contribution in [0.5, 0.6) is 0 Å². The van der Waals surface area contributed by atoms with Crippen LogP contribution in [0.15, 0.2) is 6.20 Å². The summed E-state index contributed by atoms with van der Waals surface area (Å²) in [5.74, 6) is 0.713. The lowest BCUT2D eigenvalue weighted by Gasteiger charge is -2.35. The Hall–Kier alpha value is -0.980. The number of likely N-dealkylation sites (tertiary alicyclic amines) is 1. The topological polar surface area (TPSA) is 71.2 Å². The van der Waals surface area contributed by atoms with Gasteiger partial charge in [-0.3, -0.25) is 9.69 Å². The number of thiazole rings is 1. The molecule has 3 N–H and O–H groups in total. The number of nitrogens with two attached hydrogens (primary N) is 1. The molecular weight excluding hydrogens is 308 g/mol. The predicted molar refractivity (Wildman–Crippen MR) is 95.4 cm³/mol. The Morgan fingerprint density at radius 2 is 2.35 bits per heavy atom. The molecule has 1 atom stereocenters. The van der Waals surface area contributed by atoms with Crippen LogP contribution in [-0.4, -0.2) is 41.5 Å². The smallest absolute Gasteiger partial charge is 0.221 e. The van der Waals surface area contributed by atoms with Crippen LogP contribution in [0.25, 0.3) is 0 Å². The second kappa shape index (κ2) is 9.35. The van der Waals surface area contributed by atoms with Gasteiger partial charge in [0, 0.05) is 49.6 Å². The molecular formula is C17H30N4OS. The highest BCUT2D eigenvalue weighted by atomic mass is 32.1. The molecule has 1 aliphatic heterocycles. The Morgan fingerprint density at radius 1 is 1.52 bits per heavy atom. The highest BCUT2D eigenvalue weighted by Crippen LogP contribution is 2.23. The van der Waals surface area contributed by atoms with Gasteiger partial charge in [-0.1, -0.05) is 20.3 Å². The Morgan fingerprint density at radius 3 is 3.09 bits per heavy atom. The Balaban J connectivity index is 1.87. The predicted octanol–water partition coefficient (Wildman–Crippen LogP) is 2.16. The van der Waals surface area contributed by atoms with Crippen LogP contribution in [0, 0.1) is 5.92 Å². The number of carbonyl (C=O) groups is 1. The number of nitrogens with zero attached hydrogens (tertiary/aromatic N) is 2. The second-order valence-electron chi connectivity index (χ2n) is 6.78. The molecule has 0 spiro atoms. The number of hydrogen-bond acceptors (Lipinski definition) is 5. The fourth-order valence-corrected chi connectivity index (χ4v) is 4.18. The highest BCUT2D eigenvalue weighted by molar-refractivity contribution is 7.11. The number of nitrogens with one attached hydrogen (secondary N) is 1. The minimum Gasteiger partial charge on any atom is -0.354 e. The van der Waals surface area contributed by atoms with Gasteiger partial charge in [0.2, 0.25) is 5.91 Å². The van der Waals surface area contributed by atoms with Gasteiger partial charge in [0.05, 0.1) is 5.01 Å². The highest BCUT2D eigenvalue weighted by Gasteiger charge is 2.23. The first kappa shape index (κ1) is 18.4. The van der Waals surface area contributed by atoms with Crippen LogP contribution < -0.4 is 11.1 Å². The molecule has 1 amide bonds. The van der Waals surface area contributed by atoms with Crippen molar-refractivity contribution >= 4 is 17.2 Å². The average molecular weight is 339 g/mol. The normalized spacial score (nSPS) is 19.2. The van der Waals surface area contributed by atoms with Gasteiger partial charge in [-0.15, -0.1) is 11.3 Å². The van der Waals surface area contributed by atoms with Crippen molar-refractivity contribution in [1.82, 2.24) is 15.2 Å². The number of carbonyl (C=O) groups excluding carboxylic acids is 1. The molecule has 1 aromatic heterocycles. The van der Waals surface area contributed by atoms with Crippen molar-refractivity contribution in [2.45, 2.75) is 58.5 Å². The third kappa shape index (κ3) is 6.20. The van der Waals surface area contributed by atoms with Crippen molar-refractivity contribution < 1.29 is 4.79 Å². The molecule has 0 bridgehead atoms. The standard InChI is InChI=1S/C17H30N4OS/c1-13(2)9-17-20-11-15(23-17)12-21-8-4-3-5-14(21)10-19-16(22)6-7-18/h11,13-14H,3-10,12,18H2,1-2H3,(H,19,22). The molecule has 2 heterocycles. The summed E-state index contributed by atoms with van der Waals surface area (Å²) in [4.78, 5) is 20.0. The maximum Gasteiger partial charge on any atom is 0.221 e. The fraction of sp³-hybridized carbons (Fsp3) is 0.765. The number of hydrogen-bond donors (Lipinski definition) is 2.